The van der Waals surface area contributed by atoms with Gasteiger partial charge in [-0.3, -0.25) is 0 Å². The van der Waals surface area contributed by atoms with Gasteiger partial charge >= 0.3 is 0 Å². The largest absolute Gasteiger partial charge is 0.244 e. The molecule has 2 rings (SSSR count). The maximum Gasteiger partial charge on any atom is 0.218 e. The number of hydrogen-bond acceptors (Lipinski definition) is 4. The van der Waals surface area contributed by atoms with Crippen molar-refractivity contribution in [2.45, 2.75) is 6.42 Å². The SMILES string of the molecule is O=S(=O)=C1CC=Cc2ncncc21. The highest BCUT2D eigenvalue weighted by atomic mass is 32.2. The van der Waals surface area contributed by atoms with Crippen LogP contribution in [0.5, 0.6) is 0 Å². The first-order valence-corrected chi connectivity index (χ1v) is 4.78. The Morgan fingerprint density at radius 2 is 2.23 bits per heavy atom. The Bertz CT molecular complexity index is 495. The molecular formula is C8H6N2O2S. The average molecular weight is 194 g/mol. The zero-order valence-corrected chi connectivity index (χ0v) is 7.45. The summed E-state index contributed by atoms with van der Waals surface area (Å²) in [5, 5.41) is 0. The smallest absolute Gasteiger partial charge is 0.218 e. The van der Waals surface area contributed by atoms with E-state index in [1.807, 2.05) is 0 Å². The minimum Gasteiger partial charge on any atom is -0.244 e. The van der Waals surface area contributed by atoms with E-state index in [2.05, 4.69) is 9.97 Å². The highest BCUT2D eigenvalue weighted by Gasteiger charge is 2.13. The average Bonchev–Trinajstić information content (AvgIpc) is 2.17. The molecule has 0 radical (unpaired) electrons. The molecule has 66 valence electrons. The Kier molecular flexibility index (Phi) is 1.94. The minimum absolute atomic E-state index is 0.359. The summed E-state index contributed by atoms with van der Waals surface area (Å²) >= 11 is 0. The van der Waals surface area contributed by atoms with Gasteiger partial charge in [0.25, 0.3) is 0 Å². The van der Waals surface area contributed by atoms with Crippen LogP contribution >= 0.6 is 0 Å². The lowest BCUT2D eigenvalue weighted by Gasteiger charge is -2.07. The molecule has 0 bridgehead atoms. The van der Waals surface area contributed by atoms with Gasteiger partial charge in [-0.05, 0) is 6.08 Å². The lowest BCUT2D eigenvalue weighted by Crippen LogP contribution is -2.08. The fourth-order valence-corrected chi connectivity index (χ4v) is 1.80. The standard InChI is InChI=1S/C8H6N2O2S/c11-13(12)8-3-1-2-7-6(8)4-9-5-10-7/h1-2,4-5H,3H2. The van der Waals surface area contributed by atoms with E-state index in [-0.39, 0.29) is 0 Å². The molecule has 0 N–H and O–H groups in total. The molecule has 4 nitrogen and oxygen atoms in total. The number of allylic oxidation sites excluding steroid dienone is 1. The summed E-state index contributed by atoms with van der Waals surface area (Å²) in [5.41, 5.74) is 1.28. The van der Waals surface area contributed by atoms with E-state index in [4.69, 9.17) is 0 Å². The van der Waals surface area contributed by atoms with Crippen LogP contribution in [0.3, 0.4) is 0 Å². The highest BCUT2D eigenvalue weighted by molar-refractivity contribution is 7.73. The van der Waals surface area contributed by atoms with Gasteiger partial charge in [0.05, 0.1) is 10.6 Å². The number of rotatable bonds is 0. The van der Waals surface area contributed by atoms with Gasteiger partial charge < -0.3 is 0 Å². The van der Waals surface area contributed by atoms with E-state index in [0.717, 1.165) is 0 Å². The van der Waals surface area contributed by atoms with Crippen LogP contribution in [-0.2, 0) is 10.3 Å². The van der Waals surface area contributed by atoms with Crippen molar-refractivity contribution in [3.63, 3.8) is 0 Å². The van der Waals surface area contributed by atoms with Gasteiger partial charge in [0, 0.05) is 18.2 Å². The third-order valence-electron chi connectivity index (χ3n) is 1.82. The summed E-state index contributed by atoms with van der Waals surface area (Å²) in [7, 11) is -2.18. The van der Waals surface area contributed by atoms with Crippen molar-refractivity contribution in [1.82, 2.24) is 9.97 Å². The second-order valence-electron chi connectivity index (χ2n) is 2.59. The zero-order chi connectivity index (χ0) is 9.26. The predicted octanol–water partition coefficient (Wildman–Crippen LogP) is 0.293. The first-order chi connectivity index (χ1) is 6.29. The molecule has 1 aliphatic rings. The van der Waals surface area contributed by atoms with Gasteiger partial charge in [-0.25, -0.2) is 9.97 Å². The van der Waals surface area contributed by atoms with E-state index in [1.54, 1.807) is 12.2 Å². The quantitative estimate of drug-likeness (QED) is 0.557. The molecule has 0 saturated heterocycles. The number of hydrogen-bond donors (Lipinski definition) is 0. The fraction of sp³-hybridized carbons (Fsp3) is 0.125. The van der Waals surface area contributed by atoms with Crippen LogP contribution in [0, 0.1) is 0 Å². The van der Waals surface area contributed by atoms with Crippen molar-refractivity contribution in [3.8, 4) is 0 Å². The Balaban J connectivity index is 2.77. The van der Waals surface area contributed by atoms with Crippen molar-refractivity contribution in [3.05, 3.63) is 29.9 Å². The van der Waals surface area contributed by atoms with E-state index in [0.29, 0.717) is 22.5 Å². The van der Waals surface area contributed by atoms with E-state index in [1.165, 1.54) is 12.5 Å². The lowest BCUT2D eigenvalue weighted by molar-refractivity contribution is 0.627. The summed E-state index contributed by atoms with van der Waals surface area (Å²) < 4.78 is 21.6. The summed E-state index contributed by atoms with van der Waals surface area (Å²) in [6, 6.07) is 0. The first-order valence-electron chi connectivity index (χ1n) is 3.71. The van der Waals surface area contributed by atoms with Gasteiger partial charge in [-0.1, -0.05) is 6.08 Å². The molecule has 0 atom stereocenters. The molecule has 0 aromatic carbocycles. The van der Waals surface area contributed by atoms with Crippen LogP contribution in [0.25, 0.3) is 6.08 Å². The molecule has 0 saturated carbocycles. The van der Waals surface area contributed by atoms with E-state index < -0.39 is 10.3 Å². The van der Waals surface area contributed by atoms with Crippen molar-refractivity contribution in [2.75, 3.05) is 0 Å². The van der Waals surface area contributed by atoms with Crippen LogP contribution in [0.15, 0.2) is 18.6 Å². The number of nitrogens with zero attached hydrogens (tertiary/aromatic N) is 2. The van der Waals surface area contributed by atoms with Crippen molar-refractivity contribution in [2.24, 2.45) is 0 Å². The molecule has 0 aliphatic heterocycles. The molecule has 1 aromatic heterocycles. The van der Waals surface area contributed by atoms with Crippen molar-refractivity contribution < 1.29 is 8.42 Å². The van der Waals surface area contributed by atoms with Crippen LogP contribution < -0.4 is 0 Å². The zero-order valence-electron chi connectivity index (χ0n) is 6.64. The first kappa shape index (κ1) is 8.12. The normalized spacial score (nSPS) is 14.0. The molecule has 0 amide bonds. The van der Waals surface area contributed by atoms with E-state index in [9.17, 15) is 8.42 Å². The van der Waals surface area contributed by atoms with Gasteiger partial charge in [-0.15, -0.1) is 0 Å². The second kappa shape index (κ2) is 3.10. The maximum atomic E-state index is 10.8. The van der Waals surface area contributed by atoms with Crippen molar-refractivity contribution >= 4 is 21.2 Å². The Hall–Kier alpha value is -1.49. The number of aromatic nitrogens is 2. The highest BCUT2D eigenvalue weighted by Crippen LogP contribution is 2.14. The molecule has 1 aliphatic carbocycles. The van der Waals surface area contributed by atoms with Gasteiger partial charge in [0.2, 0.25) is 10.3 Å². The van der Waals surface area contributed by atoms with Gasteiger partial charge in [0.1, 0.15) is 6.33 Å². The summed E-state index contributed by atoms with van der Waals surface area (Å²) in [5.74, 6) is 0. The second-order valence-corrected chi connectivity index (χ2v) is 3.55. The molecule has 1 aromatic rings. The molecular weight excluding hydrogens is 188 g/mol. The predicted molar refractivity (Wildman–Crippen MR) is 48.7 cm³/mol. The van der Waals surface area contributed by atoms with Gasteiger partial charge in [-0.2, -0.15) is 8.42 Å². The Labute approximate surface area is 76.5 Å². The molecule has 0 unspecified atom stereocenters. The fourth-order valence-electron chi connectivity index (χ4n) is 1.23. The van der Waals surface area contributed by atoms with Crippen LogP contribution in [0.4, 0.5) is 0 Å². The van der Waals surface area contributed by atoms with Crippen LogP contribution in [0.1, 0.15) is 17.7 Å². The van der Waals surface area contributed by atoms with E-state index >= 15 is 0 Å². The van der Waals surface area contributed by atoms with Crippen molar-refractivity contribution in [1.29, 1.82) is 0 Å². The molecule has 1 heterocycles. The molecule has 0 fully saturated rings. The summed E-state index contributed by atoms with van der Waals surface area (Å²) in [6.45, 7) is 0. The summed E-state index contributed by atoms with van der Waals surface area (Å²) in [4.78, 5) is 8.11. The number of fused-ring (bicyclic) bond motifs is 1. The van der Waals surface area contributed by atoms with Crippen LogP contribution in [0.2, 0.25) is 0 Å². The molecule has 0 spiro atoms. The Morgan fingerprint density at radius 1 is 1.38 bits per heavy atom. The summed E-state index contributed by atoms with van der Waals surface area (Å²) in [6.07, 6.45) is 6.93. The third kappa shape index (κ3) is 1.38. The maximum absolute atomic E-state index is 10.8. The minimum atomic E-state index is -2.18. The molecule has 13 heavy (non-hydrogen) atoms. The molecule has 5 heteroatoms. The monoisotopic (exact) mass is 194 g/mol. The van der Waals surface area contributed by atoms with Crippen LogP contribution in [-0.4, -0.2) is 23.3 Å². The third-order valence-corrected chi connectivity index (χ3v) is 2.61. The lowest BCUT2D eigenvalue weighted by atomic mass is 10.0. The van der Waals surface area contributed by atoms with Gasteiger partial charge in [0.15, 0.2) is 0 Å². The topological polar surface area (TPSA) is 59.9 Å². The Morgan fingerprint density at radius 3 is 3.00 bits per heavy atom.